The Morgan fingerprint density at radius 1 is 1.24 bits per heavy atom. The summed E-state index contributed by atoms with van der Waals surface area (Å²) in [6, 6.07) is 8.29. The average molecular weight is 347 g/mol. The normalized spacial score (nSPS) is 10.5. The van der Waals surface area contributed by atoms with Crippen LogP contribution in [0.3, 0.4) is 0 Å². The number of rotatable bonds is 8. The van der Waals surface area contributed by atoms with E-state index in [9.17, 15) is 9.59 Å². The number of hydrogen-bond acceptors (Lipinski definition) is 5. The van der Waals surface area contributed by atoms with E-state index < -0.39 is 5.97 Å². The van der Waals surface area contributed by atoms with E-state index in [0.29, 0.717) is 36.0 Å². The monoisotopic (exact) mass is 347 g/mol. The summed E-state index contributed by atoms with van der Waals surface area (Å²) in [4.78, 5) is 25.1. The molecule has 1 heterocycles. The summed E-state index contributed by atoms with van der Waals surface area (Å²) >= 11 is 0. The molecule has 1 aromatic carbocycles. The van der Waals surface area contributed by atoms with Gasteiger partial charge in [-0.2, -0.15) is 0 Å². The summed E-state index contributed by atoms with van der Waals surface area (Å²) in [5.74, 6) is 0.0407. The zero-order valence-electron chi connectivity index (χ0n) is 14.4. The van der Waals surface area contributed by atoms with Crippen molar-refractivity contribution in [3.05, 3.63) is 53.0 Å². The number of ether oxygens (including phenoxy) is 2. The van der Waals surface area contributed by atoms with Crippen molar-refractivity contribution in [2.45, 2.75) is 13.5 Å². The quantitative estimate of drug-likeness (QED) is 0.738. The molecular weight excluding hydrogens is 326 g/mol. The van der Waals surface area contributed by atoms with E-state index >= 15 is 0 Å². The number of carboxylic acids is 1. The van der Waals surface area contributed by atoms with Gasteiger partial charge in [0.1, 0.15) is 29.4 Å². The van der Waals surface area contributed by atoms with Crippen molar-refractivity contribution in [1.29, 1.82) is 0 Å². The highest BCUT2D eigenvalue weighted by molar-refractivity contribution is 5.94. The minimum Gasteiger partial charge on any atom is -0.491 e. The molecule has 0 radical (unpaired) electrons. The fraction of sp³-hybridized carbons (Fsp3) is 0.333. The first-order valence-corrected chi connectivity index (χ1v) is 7.72. The first-order valence-electron chi connectivity index (χ1n) is 7.72. The molecule has 2 aromatic rings. The molecule has 1 aromatic heterocycles. The van der Waals surface area contributed by atoms with Crippen LogP contribution in [0.2, 0.25) is 0 Å². The number of furan rings is 1. The van der Waals surface area contributed by atoms with E-state index in [2.05, 4.69) is 0 Å². The molecule has 134 valence electrons. The lowest BCUT2D eigenvalue weighted by molar-refractivity contribution is 0.0694. The van der Waals surface area contributed by atoms with Crippen LogP contribution in [0.1, 0.15) is 32.2 Å². The number of carbonyl (C=O) groups is 2. The first-order chi connectivity index (χ1) is 11.9. The molecule has 0 unspecified atom stereocenters. The third-order valence-corrected chi connectivity index (χ3v) is 3.58. The van der Waals surface area contributed by atoms with Crippen molar-refractivity contribution in [3.8, 4) is 5.75 Å². The molecule has 0 fully saturated rings. The van der Waals surface area contributed by atoms with Crippen molar-refractivity contribution in [2.24, 2.45) is 0 Å². The van der Waals surface area contributed by atoms with Crippen LogP contribution in [0.15, 0.2) is 34.7 Å². The van der Waals surface area contributed by atoms with E-state index in [-0.39, 0.29) is 18.0 Å². The molecular formula is C18H21NO6. The summed E-state index contributed by atoms with van der Waals surface area (Å²) < 4.78 is 15.8. The lowest BCUT2D eigenvalue weighted by Gasteiger charge is -2.16. The fourth-order valence-electron chi connectivity index (χ4n) is 2.32. The van der Waals surface area contributed by atoms with Crippen molar-refractivity contribution < 1.29 is 28.6 Å². The lowest BCUT2D eigenvalue weighted by atomic mass is 10.2. The van der Waals surface area contributed by atoms with Crippen LogP contribution in [-0.2, 0) is 11.3 Å². The second-order valence-corrected chi connectivity index (χ2v) is 5.52. The number of amides is 1. The van der Waals surface area contributed by atoms with Crippen molar-refractivity contribution >= 4 is 11.9 Å². The Morgan fingerprint density at radius 2 is 2.00 bits per heavy atom. The molecule has 0 atom stereocenters. The van der Waals surface area contributed by atoms with E-state index in [4.69, 9.17) is 19.0 Å². The molecule has 0 spiro atoms. The predicted molar refractivity (Wildman–Crippen MR) is 90.0 cm³/mol. The number of methoxy groups -OCH3 is 1. The summed E-state index contributed by atoms with van der Waals surface area (Å²) in [6.07, 6.45) is 0. The van der Waals surface area contributed by atoms with Crippen LogP contribution in [0.5, 0.6) is 5.75 Å². The van der Waals surface area contributed by atoms with Gasteiger partial charge in [0.05, 0.1) is 13.2 Å². The van der Waals surface area contributed by atoms with E-state index in [1.165, 1.54) is 11.0 Å². The Morgan fingerprint density at radius 3 is 2.64 bits per heavy atom. The molecule has 25 heavy (non-hydrogen) atoms. The molecule has 0 saturated carbocycles. The van der Waals surface area contributed by atoms with E-state index in [0.717, 1.165) is 0 Å². The molecule has 1 amide bonds. The van der Waals surface area contributed by atoms with E-state index in [1.807, 2.05) is 0 Å². The standard InChI is InChI=1S/C18H21NO6/c1-12-16(18(21)22)10-15(25-12)11-19(2)17(20)13-5-4-6-14(9-13)24-8-7-23-3/h4-6,9-10H,7-8,11H2,1-3H3,(H,21,22). The third kappa shape index (κ3) is 4.84. The highest BCUT2D eigenvalue weighted by Crippen LogP contribution is 2.18. The van der Waals surface area contributed by atoms with Gasteiger partial charge in [-0.3, -0.25) is 4.79 Å². The maximum Gasteiger partial charge on any atom is 0.339 e. The zero-order valence-corrected chi connectivity index (χ0v) is 14.4. The third-order valence-electron chi connectivity index (χ3n) is 3.58. The Hall–Kier alpha value is -2.80. The van der Waals surface area contributed by atoms with Gasteiger partial charge in [-0.05, 0) is 31.2 Å². The summed E-state index contributed by atoms with van der Waals surface area (Å²) in [5, 5.41) is 9.06. The Balaban J connectivity index is 2.05. The largest absolute Gasteiger partial charge is 0.491 e. The van der Waals surface area contributed by atoms with Crippen LogP contribution in [0.4, 0.5) is 0 Å². The number of carbonyl (C=O) groups excluding carboxylic acids is 1. The molecule has 0 aliphatic heterocycles. The maximum absolute atomic E-state index is 12.5. The Bertz CT molecular complexity index is 752. The smallest absolute Gasteiger partial charge is 0.339 e. The maximum atomic E-state index is 12.5. The van der Waals surface area contributed by atoms with E-state index in [1.54, 1.807) is 45.3 Å². The highest BCUT2D eigenvalue weighted by Gasteiger charge is 2.18. The van der Waals surface area contributed by atoms with Gasteiger partial charge in [-0.25, -0.2) is 4.79 Å². The summed E-state index contributed by atoms with van der Waals surface area (Å²) in [7, 11) is 3.21. The molecule has 0 aliphatic rings. The number of benzene rings is 1. The Labute approximate surface area is 145 Å². The van der Waals surface area contributed by atoms with Crippen LogP contribution in [-0.4, -0.2) is 49.3 Å². The van der Waals surface area contributed by atoms with Gasteiger partial charge in [0.25, 0.3) is 5.91 Å². The average Bonchev–Trinajstić information content (AvgIpc) is 2.95. The SMILES string of the molecule is COCCOc1cccc(C(=O)N(C)Cc2cc(C(=O)O)c(C)o2)c1. The highest BCUT2D eigenvalue weighted by atomic mass is 16.5. The second kappa shape index (κ2) is 8.34. The molecule has 2 rings (SSSR count). The van der Waals surface area contributed by atoms with Gasteiger partial charge >= 0.3 is 5.97 Å². The number of aryl methyl sites for hydroxylation is 1. The number of aromatic carboxylic acids is 1. The van der Waals surface area contributed by atoms with Gasteiger partial charge in [0.15, 0.2) is 0 Å². The molecule has 0 saturated heterocycles. The molecule has 1 N–H and O–H groups in total. The zero-order chi connectivity index (χ0) is 18.4. The number of nitrogens with zero attached hydrogens (tertiary/aromatic N) is 1. The van der Waals surface area contributed by atoms with Crippen molar-refractivity contribution in [2.75, 3.05) is 27.4 Å². The van der Waals surface area contributed by atoms with Crippen molar-refractivity contribution in [3.63, 3.8) is 0 Å². The predicted octanol–water partition coefficient (Wildman–Crippen LogP) is 2.58. The summed E-state index contributed by atoms with van der Waals surface area (Å²) in [6.45, 7) is 2.60. The van der Waals surface area contributed by atoms with Gasteiger partial charge in [-0.1, -0.05) is 6.07 Å². The minimum atomic E-state index is -1.05. The molecule has 7 nitrogen and oxygen atoms in total. The summed E-state index contributed by atoms with van der Waals surface area (Å²) in [5.41, 5.74) is 0.573. The minimum absolute atomic E-state index is 0.101. The number of carboxylic acid groups (broad SMARTS) is 1. The van der Waals surface area contributed by atoms with Crippen LogP contribution < -0.4 is 4.74 Å². The van der Waals surface area contributed by atoms with Crippen molar-refractivity contribution in [1.82, 2.24) is 4.90 Å². The van der Waals surface area contributed by atoms with Crippen LogP contribution in [0, 0.1) is 6.92 Å². The first kappa shape index (κ1) is 18.5. The topological polar surface area (TPSA) is 89.2 Å². The lowest BCUT2D eigenvalue weighted by Crippen LogP contribution is -2.26. The van der Waals surface area contributed by atoms with Gasteiger partial charge < -0.3 is 23.9 Å². The molecule has 0 bridgehead atoms. The Kier molecular flexibility index (Phi) is 6.19. The van der Waals surface area contributed by atoms with Gasteiger partial charge in [0, 0.05) is 19.7 Å². The molecule has 7 heteroatoms. The van der Waals surface area contributed by atoms with Crippen LogP contribution >= 0.6 is 0 Å². The molecule has 0 aliphatic carbocycles. The number of hydrogen-bond donors (Lipinski definition) is 1. The fourth-order valence-corrected chi connectivity index (χ4v) is 2.32. The second-order valence-electron chi connectivity index (χ2n) is 5.52. The van der Waals surface area contributed by atoms with Crippen LogP contribution in [0.25, 0.3) is 0 Å². The van der Waals surface area contributed by atoms with Gasteiger partial charge in [0.2, 0.25) is 0 Å². The van der Waals surface area contributed by atoms with Gasteiger partial charge in [-0.15, -0.1) is 0 Å².